The molecule has 43 heavy (non-hydrogen) atoms. The van der Waals surface area contributed by atoms with E-state index in [1.54, 1.807) is 66.0 Å². The first kappa shape index (κ1) is 29.4. The molecule has 1 unspecified atom stereocenters. The van der Waals surface area contributed by atoms with Crippen LogP contribution in [-0.2, 0) is 4.79 Å². The van der Waals surface area contributed by atoms with Crippen molar-refractivity contribution in [2.24, 2.45) is 0 Å². The van der Waals surface area contributed by atoms with Gasteiger partial charge in [-0.2, -0.15) is 0 Å². The van der Waals surface area contributed by atoms with Crippen LogP contribution in [-0.4, -0.2) is 38.0 Å². The molecule has 3 N–H and O–H groups in total. The van der Waals surface area contributed by atoms with Crippen LogP contribution in [0.2, 0.25) is 0 Å². The predicted molar refractivity (Wildman–Crippen MR) is 168 cm³/mol. The Labute approximate surface area is 253 Å². The van der Waals surface area contributed by atoms with Crippen molar-refractivity contribution in [3.63, 3.8) is 0 Å². The van der Waals surface area contributed by atoms with Crippen LogP contribution >= 0.6 is 23.1 Å². The Bertz CT molecular complexity index is 1870. The number of fused-ring (bicyclic) bond motifs is 1. The van der Waals surface area contributed by atoms with Crippen molar-refractivity contribution in [2.75, 3.05) is 10.6 Å². The van der Waals surface area contributed by atoms with Crippen molar-refractivity contribution < 1.29 is 24.4 Å². The van der Waals surface area contributed by atoms with E-state index in [1.807, 2.05) is 13.0 Å². The Kier molecular flexibility index (Phi) is 8.79. The zero-order valence-corrected chi connectivity index (χ0v) is 24.3. The van der Waals surface area contributed by atoms with Crippen LogP contribution in [0.1, 0.15) is 34.1 Å². The Morgan fingerprint density at radius 1 is 0.977 bits per heavy atom. The molecule has 0 saturated heterocycles. The van der Waals surface area contributed by atoms with Gasteiger partial charge in [-0.05, 0) is 42.1 Å². The summed E-state index contributed by atoms with van der Waals surface area (Å²) >= 11 is 2.56. The van der Waals surface area contributed by atoms with Crippen molar-refractivity contribution >= 4 is 68.2 Å². The van der Waals surface area contributed by atoms with E-state index in [0.29, 0.717) is 39.3 Å². The van der Waals surface area contributed by atoms with Gasteiger partial charge in [0.05, 0.1) is 21.4 Å². The van der Waals surface area contributed by atoms with E-state index in [1.165, 1.54) is 41.3 Å². The van der Waals surface area contributed by atoms with Gasteiger partial charge in [0, 0.05) is 44.6 Å². The molecule has 1 heterocycles. The van der Waals surface area contributed by atoms with Crippen LogP contribution < -0.4 is 10.6 Å². The number of aromatic carboxylic acids is 1. The fraction of sp³-hybridized carbons (Fsp3) is 0.0968. The average molecular weight is 613 g/mol. The lowest BCUT2D eigenvalue weighted by molar-refractivity contribution is -0.384. The molecule has 0 spiro atoms. The van der Waals surface area contributed by atoms with E-state index in [0.717, 1.165) is 4.90 Å². The Hall–Kier alpha value is -5.07. The van der Waals surface area contributed by atoms with E-state index in [-0.39, 0.29) is 22.7 Å². The van der Waals surface area contributed by atoms with E-state index in [4.69, 9.17) is 0 Å². The molecule has 0 aliphatic rings. The fourth-order valence-electron chi connectivity index (χ4n) is 4.47. The van der Waals surface area contributed by atoms with Gasteiger partial charge in [0.1, 0.15) is 0 Å². The summed E-state index contributed by atoms with van der Waals surface area (Å²) in [5, 5.41) is 29.1. The molecule has 0 aliphatic carbocycles. The van der Waals surface area contributed by atoms with Gasteiger partial charge in [-0.1, -0.05) is 49.4 Å². The molecule has 2 amide bonds. The monoisotopic (exact) mass is 612 g/mol. The second-order valence-corrected chi connectivity index (χ2v) is 11.5. The molecule has 4 aromatic carbocycles. The third-order valence-electron chi connectivity index (χ3n) is 6.50. The molecule has 216 valence electrons. The summed E-state index contributed by atoms with van der Waals surface area (Å²) in [5.74, 6) is -1.82. The Morgan fingerprint density at radius 2 is 1.70 bits per heavy atom. The Morgan fingerprint density at radius 3 is 2.42 bits per heavy atom. The summed E-state index contributed by atoms with van der Waals surface area (Å²) < 4.78 is 0. The van der Waals surface area contributed by atoms with Crippen LogP contribution in [0.25, 0.3) is 22.0 Å². The van der Waals surface area contributed by atoms with Gasteiger partial charge < -0.3 is 15.7 Å². The first-order valence-corrected chi connectivity index (χ1v) is 14.8. The highest BCUT2D eigenvalue weighted by Crippen LogP contribution is 2.31. The summed E-state index contributed by atoms with van der Waals surface area (Å²) in [6, 6.07) is 23.1. The summed E-state index contributed by atoms with van der Waals surface area (Å²) in [7, 11) is 0. The molecule has 0 bridgehead atoms. The minimum Gasteiger partial charge on any atom is -0.478 e. The number of carboxylic acid groups (broad SMARTS) is 1. The number of carboxylic acids is 1. The van der Waals surface area contributed by atoms with Gasteiger partial charge in [-0.15, -0.1) is 23.1 Å². The first-order valence-electron chi connectivity index (χ1n) is 13.1. The maximum absolute atomic E-state index is 13.2. The lowest BCUT2D eigenvalue weighted by Crippen LogP contribution is -2.24. The second-order valence-electron chi connectivity index (χ2n) is 9.35. The quantitative estimate of drug-likeness (QED) is 0.0842. The number of thioether (sulfide) groups is 1. The van der Waals surface area contributed by atoms with Gasteiger partial charge in [-0.3, -0.25) is 19.7 Å². The molecule has 1 aromatic heterocycles. The molecule has 10 nitrogen and oxygen atoms in total. The highest BCUT2D eigenvalue weighted by Gasteiger charge is 2.21. The minimum absolute atomic E-state index is 0.0425. The molecule has 1 atom stereocenters. The smallest absolute Gasteiger partial charge is 0.336 e. The van der Waals surface area contributed by atoms with E-state index < -0.39 is 22.0 Å². The van der Waals surface area contributed by atoms with Crippen molar-refractivity contribution in [1.29, 1.82) is 0 Å². The lowest BCUT2D eigenvalue weighted by atomic mass is 9.98. The number of nitrogens with zero attached hydrogens (tertiary/aromatic N) is 2. The van der Waals surface area contributed by atoms with Crippen molar-refractivity contribution in [3.05, 3.63) is 112 Å². The number of carbonyl (C=O) groups excluding carboxylic acids is 2. The number of nitrogens with one attached hydrogen (secondary N) is 2. The van der Waals surface area contributed by atoms with Crippen LogP contribution in [0.5, 0.6) is 0 Å². The SMILES string of the molecule is CCC(Sc1cccc(NC(=O)c2cccc3cccc(C(=O)O)c23)c1)C(=O)Nc1nc(-c2cccc([N+](=O)[O-])c2)cs1. The number of carbonyl (C=O) groups is 3. The van der Waals surface area contributed by atoms with Crippen molar-refractivity contribution in [3.8, 4) is 11.3 Å². The zero-order chi connectivity index (χ0) is 30.5. The summed E-state index contributed by atoms with van der Waals surface area (Å²) in [5.41, 5.74) is 1.84. The van der Waals surface area contributed by atoms with Gasteiger partial charge in [0.25, 0.3) is 11.6 Å². The molecule has 12 heteroatoms. The molecular weight excluding hydrogens is 588 g/mol. The number of nitro groups is 1. The van der Waals surface area contributed by atoms with Crippen LogP contribution in [0.4, 0.5) is 16.5 Å². The number of amides is 2. The zero-order valence-electron chi connectivity index (χ0n) is 22.6. The highest BCUT2D eigenvalue weighted by molar-refractivity contribution is 8.00. The summed E-state index contributed by atoms with van der Waals surface area (Å²) in [6.45, 7) is 1.89. The minimum atomic E-state index is -1.12. The molecule has 0 radical (unpaired) electrons. The average Bonchev–Trinajstić information content (AvgIpc) is 3.47. The third-order valence-corrected chi connectivity index (χ3v) is 8.62. The van der Waals surface area contributed by atoms with Crippen LogP contribution in [0, 0.1) is 10.1 Å². The fourth-order valence-corrected chi connectivity index (χ4v) is 6.20. The number of nitro benzene ring substituents is 1. The molecule has 5 rings (SSSR count). The largest absolute Gasteiger partial charge is 0.478 e. The molecule has 5 aromatic rings. The maximum atomic E-state index is 13.2. The van der Waals surface area contributed by atoms with Crippen molar-refractivity contribution in [2.45, 2.75) is 23.5 Å². The second kappa shape index (κ2) is 12.8. The van der Waals surface area contributed by atoms with E-state index >= 15 is 0 Å². The van der Waals surface area contributed by atoms with E-state index in [2.05, 4.69) is 15.6 Å². The number of hydrogen-bond acceptors (Lipinski definition) is 8. The number of non-ortho nitro benzene ring substituents is 1. The normalized spacial score (nSPS) is 11.6. The standard InChI is InChI=1S/C31H24N4O6S2/c1-2-26(29(37)34-31-33-25(17-42-31)19-9-3-11-21(15-19)35(40)41)43-22-12-6-10-20(16-22)32-28(36)23-13-4-7-18-8-5-14-24(27(18)23)30(38)39/h3-17,26H,2H2,1H3,(H,32,36)(H,38,39)(H,33,34,37). The number of rotatable bonds is 10. The van der Waals surface area contributed by atoms with Gasteiger partial charge in [-0.25, -0.2) is 9.78 Å². The van der Waals surface area contributed by atoms with Crippen LogP contribution in [0.15, 0.2) is 95.2 Å². The van der Waals surface area contributed by atoms with Gasteiger partial charge in [0.15, 0.2) is 5.13 Å². The number of aromatic nitrogens is 1. The lowest BCUT2D eigenvalue weighted by Gasteiger charge is -2.15. The predicted octanol–water partition coefficient (Wildman–Crippen LogP) is 7.33. The number of anilines is 2. The molecule has 0 saturated carbocycles. The van der Waals surface area contributed by atoms with Crippen LogP contribution in [0.3, 0.4) is 0 Å². The molecule has 0 fully saturated rings. The highest BCUT2D eigenvalue weighted by atomic mass is 32.2. The molecular formula is C31H24N4O6S2. The van der Waals surface area contributed by atoms with Gasteiger partial charge >= 0.3 is 5.97 Å². The topological polar surface area (TPSA) is 152 Å². The molecule has 0 aliphatic heterocycles. The summed E-state index contributed by atoms with van der Waals surface area (Å²) in [4.78, 5) is 54.0. The summed E-state index contributed by atoms with van der Waals surface area (Å²) in [6.07, 6.45) is 0.518. The Balaban J connectivity index is 1.28. The van der Waals surface area contributed by atoms with Gasteiger partial charge in [0.2, 0.25) is 5.91 Å². The number of thiazole rings is 1. The first-order chi connectivity index (χ1) is 20.7. The van der Waals surface area contributed by atoms with Crippen molar-refractivity contribution in [1.82, 2.24) is 4.98 Å². The third kappa shape index (κ3) is 6.71. The number of benzene rings is 4. The maximum Gasteiger partial charge on any atom is 0.336 e. The van der Waals surface area contributed by atoms with E-state index in [9.17, 15) is 29.6 Å². The number of hydrogen-bond donors (Lipinski definition) is 3.